The molecule has 216 valence electrons. The first-order valence-corrected chi connectivity index (χ1v) is 14.4. The summed E-state index contributed by atoms with van der Waals surface area (Å²) in [5.74, 6) is 0. The molecule has 0 saturated carbocycles. The normalized spacial score (nSPS) is 11.9. The summed E-state index contributed by atoms with van der Waals surface area (Å²) in [7, 11) is 0. The number of hydrogen-bond donors (Lipinski definition) is 2. The summed E-state index contributed by atoms with van der Waals surface area (Å²) >= 11 is 1.59. The number of nitrogens with zero attached hydrogens (tertiary/aromatic N) is 2. The molecule has 0 aliphatic carbocycles. The summed E-state index contributed by atoms with van der Waals surface area (Å²) in [6, 6.07) is 12.9. The number of alkyl carbamates (subject to hydrolysis) is 1. The van der Waals surface area contributed by atoms with Crippen molar-refractivity contribution in [3.05, 3.63) is 58.3 Å². The highest BCUT2D eigenvalue weighted by molar-refractivity contribution is 7.09. The molecule has 0 aliphatic rings. The summed E-state index contributed by atoms with van der Waals surface area (Å²) in [6.07, 6.45) is 1.57. The average molecular weight is 562 g/mol. The predicted molar refractivity (Wildman–Crippen MR) is 153 cm³/mol. The first kappa shape index (κ1) is 31.9. The van der Waals surface area contributed by atoms with Crippen LogP contribution in [-0.2, 0) is 22.6 Å². The van der Waals surface area contributed by atoms with E-state index < -0.39 is 29.9 Å². The van der Waals surface area contributed by atoms with Gasteiger partial charge in [-0.05, 0) is 63.5 Å². The van der Waals surface area contributed by atoms with Crippen LogP contribution in [0, 0.1) is 0 Å². The third kappa shape index (κ3) is 13.4. The van der Waals surface area contributed by atoms with Crippen LogP contribution < -0.4 is 5.32 Å². The van der Waals surface area contributed by atoms with E-state index in [9.17, 15) is 19.5 Å². The number of hydrogen-bond acceptors (Lipinski definition) is 6. The van der Waals surface area contributed by atoms with E-state index >= 15 is 0 Å². The Balaban J connectivity index is 1.94. The lowest BCUT2D eigenvalue weighted by molar-refractivity contribution is 0.0444. The standard InChI is InChI=1S/C29H43N3O6S/c1-5-6-17-32(21-25-16-12-19-39-25)28(36)37-22-24(30-26(33)38-29(2,3)4)15-10-11-18-31(27(34)35)20-23-13-8-7-9-14-23/h7-9,12-14,16,19,24H,5-6,10-11,15,17-18,20-22H2,1-4H3,(H,30,33)(H,34,35)/t24-/m0/s1. The Morgan fingerprint density at radius 1 is 0.974 bits per heavy atom. The van der Waals surface area contributed by atoms with Crippen LogP contribution in [0.2, 0.25) is 0 Å². The Hall–Kier alpha value is -3.27. The molecule has 1 aromatic heterocycles. The van der Waals surface area contributed by atoms with Gasteiger partial charge in [0.25, 0.3) is 0 Å². The van der Waals surface area contributed by atoms with E-state index in [1.54, 1.807) is 37.0 Å². The van der Waals surface area contributed by atoms with Gasteiger partial charge >= 0.3 is 18.3 Å². The minimum Gasteiger partial charge on any atom is -0.465 e. The van der Waals surface area contributed by atoms with Crippen molar-refractivity contribution in [2.75, 3.05) is 19.7 Å². The van der Waals surface area contributed by atoms with Gasteiger partial charge in [0.05, 0.1) is 12.6 Å². The van der Waals surface area contributed by atoms with Crippen LogP contribution >= 0.6 is 11.3 Å². The van der Waals surface area contributed by atoms with Crippen molar-refractivity contribution in [1.82, 2.24) is 15.1 Å². The van der Waals surface area contributed by atoms with E-state index in [-0.39, 0.29) is 6.61 Å². The third-order valence-corrected chi connectivity index (χ3v) is 6.67. The Morgan fingerprint density at radius 3 is 2.31 bits per heavy atom. The van der Waals surface area contributed by atoms with Crippen molar-refractivity contribution in [3.63, 3.8) is 0 Å². The molecule has 2 aromatic rings. The van der Waals surface area contributed by atoms with Crippen LogP contribution in [0.5, 0.6) is 0 Å². The molecule has 0 fully saturated rings. The summed E-state index contributed by atoms with van der Waals surface area (Å²) in [5.41, 5.74) is 0.258. The molecule has 0 saturated heterocycles. The van der Waals surface area contributed by atoms with Gasteiger partial charge in [-0.2, -0.15) is 0 Å². The highest BCUT2D eigenvalue weighted by atomic mass is 32.1. The second kappa shape index (κ2) is 16.6. The van der Waals surface area contributed by atoms with Gasteiger partial charge in [0.15, 0.2) is 0 Å². The number of nitrogens with one attached hydrogen (secondary N) is 1. The largest absolute Gasteiger partial charge is 0.465 e. The van der Waals surface area contributed by atoms with Crippen LogP contribution in [0.1, 0.15) is 70.2 Å². The number of thiophene rings is 1. The Labute approximate surface area is 236 Å². The molecule has 3 amide bonds. The van der Waals surface area contributed by atoms with Crippen molar-refractivity contribution in [2.45, 2.75) is 84.5 Å². The molecule has 1 atom stereocenters. The van der Waals surface area contributed by atoms with Gasteiger partial charge in [0.2, 0.25) is 0 Å². The van der Waals surface area contributed by atoms with Gasteiger partial charge in [0.1, 0.15) is 12.2 Å². The topological polar surface area (TPSA) is 108 Å². The predicted octanol–water partition coefficient (Wildman–Crippen LogP) is 6.73. The zero-order valence-electron chi connectivity index (χ0n) is 23.6. The quantitative estimate of drug-likeness (QED) is 0.233. The molecule has 1 heterocycles. The van der Waals surface area contributed by atoms with Crippen LogP contribution in [0.4, 0.5) is 14.4 Å². The van der Waals surface area contributed by atoms with E-state index in [4.69, 9.17) is 9.47 Å². The number of ether oxygens (including phenoxy) is 2. The molecular formula is C29H43N3O6S. The maximum atomic E-state index is 13.0. The molecule has 0 bridgehead atoms. The summed E-state index contributed by atoms with van der Waals surface area (Å²) in [4.78, 5) is 41.3. The fraction of sp³-hybridized carbons (Fsp3) is 0.552. The van der Waals surface area contributed by atoms with Gasteiger partial charge in [-0.3, -0.25) is 0 Å². The molecule has 2 rings (SSSR count). The maximum absolute atomic E-state index is 13.0. The number of benzene rings is 1. The van der Waals surface area contributed by atoms with E-state index in [1.807, 2.05) is 47.8 Å². The van der Waals surface area contributed by atoms with Crippen molar-refractivity contribution < 1.29 is 29.0 Å². The Morgan fingerprint density at radius 2 is 1.69 bits per heavy atom. The van der Waals surface area contributed by atoms with Crippen molar-refractivity contribution in [2.24, 2.45) is 0 Å². The molecule has 0 aliphatic heterocycles. The van der Waals surface area contributed by atoms with Crippen LogP contribution in [0.3, 0.4) is 0 Å². The molecule has 0 radical (unpaired) electrons. The second-order valence-corrected chi connectivity index (χ2v) is 11.5. The minimum atomic E-state index is -0.978. The highest BCUT2D eigenvalue weighted by Crippen LogP contribution is 2.15. The lowest BCUT2D eigenvalue weighted by Crippen LogP contribution is -2.43. The van der Waals surface area contributed by atoms with E-state index in [2.05, 4.69) is 12.2 Å². The molecular weight excluding hydrogens is 518 g/mol. The Kier molecular flexibility index (Phi) is 13.6. The summed E-state index contributed by atoms with van der Waals surface area (Å²) in [5, 5.41) is 14.4. The zero-order valence-corrected chi connectivity index (χ0v) is 24.4. The minimum absolute atomic E-state index is 0.00218. The fourth-order valence-electron chi connectivity index (χ4n) is 3.85. The molecule has 2 N–H and O–H groups in total. The van der Waals surface area contributed by atoms with Gasteiger partial charge in [-0.15, -0.1) is 11.3 Å². The summed E-state index contributed by atoms with van der Waals surface area (Å²) < 4.78 is 11.1. The number of unbranched alkanes of at least 4 members (excludes halogenated alkanes) is 2. The van der Waals surface area contributed by atoms with E-state index in [0.717, 1.165) is 23.3 Å². The van der Waals surface area contributed by atoms with E-state index in [1.165, 1.54) is 4.90 Å². The number of rotatable bonds is 15. The number of amides is 3. The average Bonchev–Trinajstić information content (AvgIpc) is 3.39. The van der Waals surface area contributed by atoms with Crippen LogP contribution in [-0.4, -0.2) is 64.5 Å². The number of carbonyl (C=O) groups is 3. The second-order valence-electron chi connectivity index (χ2n) is 10.5. The lowest BCUT2D eigenvalue weighted by atomic mass is 10.1. The Bertz CT molecular complexity index is 994. The van der Waals surface area contributed by atoms with E-state index in [0.29, 0.717) is 45.4 Å². The van der Waals surface area contributed by atoms with Crippen LogP contribution in [0.25, 0.3) is 0 Å². The monoisotopic (exact) mass is 561 g/mol. The van der Waals surface area contributed by atoms with Gasteiger partial charge in [0, 0.05) is 24.5 Å². The fourth-order valence-corrected chi connectivity index (χ4v) is 4.57. The summed E-state index contributed by atoms with van der Waals surface area (Å²) in [6.45, 7) is 9.15. The first-order chi connectivity index (χ1) is 18.6. The molecule has 0 unspecified atom stereocenters. The molecule has 39 heavy (non-hydrogen) atoms. The number of carboxylic acid groups (broad SMARTS) is 1. The maximum Gasteiger partial charge on any atom is 0.410 e. The zero-order chi connectivity index (χ0) is 28.7. The van der Waals surface area contributed by atoms with Crippen molar-refractivity contribution in [1.29, 1.82) is 0 Å². The van der Waals surface area contributed by atoms with Crippen molar-refractivity contribution in [3.8, 4) is 0 Å². The number of carbonyl (C=O) groups excluding carboxylic acids is 2. The van der Waals surface area contributed by atoms with Gasteiger partial charge in [-0.1, -0.05) is 49.7 Å². The third-order valence-electron chi connectivity index (χ3n) is 5.81. The van der Waals surface area contributed by atoms with Gasteiger partial charge in [-0.25, -0.2) is 14.4 Å². The van der Waals surface area contributed by atoms with Crippen LogP contribution in [0.15, 0.2) is 47.8 Å². The molecule has 9 nitrogen and oxygen atoms in total. The molecule has 10 heteroatoms. The molecule has 1 aromatic carbocycles. The molecule has 0 spiro atoms. The smallest absolute Gasteiger partial charge is 0.410 e. The lowest BCUT2D eigenvalue weighted by Gasteiger charge is -2.26. The van der Waals surface area contributed by atoms with Gasteiger partial charge < -0.3 is 29.7 Å². The van der Waals surface area contributed by atoms with Crippen molar-refractivity contribution >= 4 is 29.6 Å². The SMILES string of the molecule is CCCCN(Cc1cccs1)C(=O)OC[C@H](CCCCN(Cc1ccccc1)C(=O)O)NC(=O)OC(C)(C)C. The highest BCUT2D eigenvalue weighted by Gasteiger charge is 2.23. The first-order valence-electron chi connectivity index (χ1n) is 13.5.